The number of aromatic amines is 1. The SMILES string of the molecule is Clc1ccc(CNCc2ccc3[nH]ccc3c2)cc1. The third kappa shape index (κ3) is 2.98. The van der Waals surface area contributed by atoms with Crippen LogP contribution in [0.4, 0.5) is 0 Å². The Morgan fingerprint density at radius 3 is 2.47 bits per heavy atom. The van der Waals surface area contributed by atoms with E-state index >= 15 is 0 Å². The van der Waals surface area contributed by atoms with E-state index in [0.29, 0.717) is 0 Å². The first-order chi connectivity index (χ1) is 9.31. The molecule has 2 nitrogen and oxygen atoms in total. The molecule has 0 fully saturated rings. The Morgan fingerprint density at radius 1 is 0.895 bits per heavy atom. The Bertz CT molecular complexity index is 671. The summed E-state index contributed by atoms with van der Waals surface area (Å²) < 4.78 is 0. The Balaban J connectivity index is 1.61. The Labute approximate surface area is 117 Å². The van der Waals surface area contributed by atoms with Crippen molar-refractivity contribution >= 4 is 22.5 Å². The van der Waals surface area contributed by atoms with E-state index < -0.39 is 0 Å². The van der Waals surface area contributed by atoms with Crippen LogP contribution in [-0.2, 0) is 13.1 Å². The van der Waals surface area contributed by atoms with Gasteiger partial charge < -0.3 is 10.3 Å². The minimum atomic E-state index is 0.779. The molecule has 2 aromatic carbocycles. The molecule has 0 amide bonds. The van der Waals surface area contributed by atoms with E-state index in [0.717, 1.165) is 18.1 Å². The van der Waals surface area contributed by atoms with Crippen LogP contribution >= 0.6 is 11.6 Å². The summed E-state index contributed by atoms with van der Waals surface area (Å²) in [6, 6.07) is 16.5. The van der Waals surface area contributed by atoms with Gasteiger partial charge in [-0.2, -0.15) is 0 Å². The monoisotopic (exact) mass is 270 g/mol. The third-order valence-corrected chi connectivity index (χ3v) is 3.44. The lowest BCUT2D eigenvalue weighted by atomic mass is 10.1. The molecule has 1 heterocycles. The summed E-state index contributed by atoms with van der Waals surface area (Å²) in [6.45, 7) is 1.71. The van der Waals surface area contributed by atoms with Crippen molar-refractivity contribution in [2.45, 2.75) is 13.1 Å². The summed E-state index contributed by atoms with van der Waals surface area (Å²) in [5, 5.41) is 5.48. The number of benzene rings is 2. The van der Waals surface area contributed by atoms with Crippen molar-refractivity contribution in [2.24, 2.45) is 0 Å². The molecule has 96 valence electrons. The van der Waals surface area contributed by atoms with E-state index in [-0.39, 0.29) is 0 Å². The highest BCUT2D eigenvalue weighted by molar-refractivity contribution is 6.30. The van der Waals surface area contributed by atoms with E-state index in [9.17, 15) is 0 Å². The van der Waals surface area contributed by atoms with Crippen LogP contribution in [0.2, 0.25) is 5.02 Å². The molecule has 0 spiro atoms. The van der Waals surface area contributed by atoms with E-state index in [1.807, 2.05) is 30.5 Å². The second-order valence-electron chi connectivity index (χ2n) is 4.63. The normalized spacial score (nSPS) is 11.0. The van der Waals surface area contributed by atoms with Crippen molar-refractivity contribution in [3.05, 3.63) is 70.9 Å². The van der Waals surface area contributed by atoms with Crippen LogP contribution in [0.3, 0.4) is 0 Å². The molecule has 1 aromatic heterocycles. The standard InChI is InChI=1S/C16H15ClN2/c17-15-4-1-12(2-5-15)10-18-11-13-3-6-16-14(9-13)7-8-19-16/h1-9,18-19H,10-11H2. The van der Waals surface area contributed by atoms with Gasteiger partial charge in [0, 0.05) is 29.8 Å². The number of rotatable bonds is 4. The maximum absolute atomic E-state index is 5.86. The maximum Gasteiger partial charge on any atom is 0.0454 e. The van der Waals surface area contributed by atoms with Crippen molar-refractivity contribution < 1.29 is 0 Å². The maximum atomic E-state index is 5.86. The minimum Gasteiger partial charge on any atom is -0.361 e. The molecule has 0 aliphatic carbocycles. The highest BCUT2D eigenvalue weighted by Crippen LogP contribution is 2.14. The van der Waals surface area contributed by atoms with E-state index in [1.54, 1.807) is 0 Å². The molecule has 19 heavy (non-hydrogen) atoms. The fourth-order valence-electron chi connectivity index (χ4n) is 2.17. The Kier molecular flexibility index (Phi) is 3.53. The zero-order valence-corrected chi connectivity index (χ0v) is 11.2. The van der Waals surface area contributed by atoms with Gasteiger partial charge in [-0.05, 0) is 46.8 Å². The lowest BCUT2D eigenvalue weighted by Crippen LogP contribution is -2.12. The van der Waals surface area contributed by atoms with Gasteiger partial charge in [0.25, 0.3) is 0 Å². The predicted molar refractivity (Wildman–Crippen MR) is 80.3 cm³/mol. The number of hydrogen-bond donors (Lipinski definition) is 2. The van der Waals surface area contributed by atoms with Crippen molar-refractivity contribution in [1.29, 1.82) is 0 Å². The van der Waals surface area contributed by atoms with Gasteiger partial charge in [-0.3, -0.25) is 0 Å². The van der Waals surface area contributed by atoms with Gasteiger partial charge >= 0.3 is 0 Å². The first kappa shape index (κ1) is 12.3. The highest BCUT2D eigenvalue weighted by atomic mass is 35.5. The van der Waals surface area contributed by atoms with E-state index in [2.05, 4.69) is 34.6 Å². The van der Waals surface area contributed by atoms with Crippen LogP contribution in [-0.4, -0.2) is 4.98 Å². The number of H-pyrrole nitrogens is 1. The molecule has 3 heteroatoms. The Morgan fingerprint density at radius 2 is 1.63 bits per heavy atom. The molecule has 3 aromatic rings. The number of aromatic nitrogens is 1. The van der Waals surface area contributed by atoms with Gasteiger partial charge in [0.15, 0.2) is 0 Å². The molecule has 0 saturated carbocycles. The average Bonchev–Trinajstić information content (AvgIpc) is 2.88. The summed E-state index contributed by atoms with van der Waals surface area (Å²) in [4.78, 5) is 3.20. The van der Waals surface area contributed by atoms with Crippen LogP contribution < -0.4 is 5.32 Å². The first-order valence-corrected chi connectivity index (χ1v) is 6.70. The molecule has 0 radical (unpaired) electrons. The number of fused-ring (bicyclic) bond motifs is 1. The van der Waals surface area contributed by atoms with Gasteiger partial charge in [-0.25, -0.2) is 0 Å². The van der Waals surface area contributed by atoms with Crippen molar-refractivity contribution in [2.75, 3.05) is 0 Å². The second kappa shape index (κ2) is 5.47. The minimum absolute atomic E-state index is 0.779. The highest BCUT2D eigenvalue weighted by Gasteiger charge is 1.98. The fraction of sp³-hybridized carbons (Fsp3) is 0.125. The van der Waals surface area contributed by atoms with Gasteiger partial charge in [-0.15, -0.1) is 0 Å². The average molecular weight is 271 g/mol. The van der Waals surface area contributed by atoms with E-state index in [4.69, 9.17) is 11.6 Å². The molecular formula is C16H15ClN2. The Hall–Kier alpha value is -1.77. The lowest BCUT2D eigenvalue weighted by molar-refractivity contribution is 0.694. The molecular weight excluding hydrogens is 256 g/mol. The van der Waals surface area contributed by atoms with E-state index in [1.165, 1.54) is 22.0 Å². The lowest BCUT2D eigenvalue weighted by Gasteiger charge is -2.05. The topological polar surface area (TPSA) is 27.8 Å². The van der Waals surface area contributed by atoms with Crippen molar-refractivity contribution in [1.82, 2.24) is 10.3 Å². The number of halogens is 1. The summed E-state index contributed by atoms with van der Waals surface area (Å²) in [6.07, 6.45) is 1.97. The molecule has 3 rings (SSSR count). The summed E-state index contributed by atoms with van der Waals surface area (Å²) in [7, 11) is 0. The van der Waals surface area contributed by atoms with Gasteiger partial charge in [0.2, 0.25) is 0 Å². The molecule has 0 aliphatic heterocycles. The van der Waals surface area contributed by atoms with Crippen LogP contribution in [0, 0.1) is 0 Å². The summed E-state index contributed by atoms with van der Waals surface area (Å²) in [5.74, 6) is 0. The third-order valence-electron chi connectivity index (χ3n) is 3.19. The van der Waals surface area contributed by atoms with Gasteiger partial charge in [0.05, 0.1) is 0 Å². The quantitative estimate of drug-likeness (QED) is 0.734. The number of hydrogen-bond acceptors (Lipinski definition) is 1. The van der Waals surface area contributed by atoms with Gasteiger partial charge in [-0.1, -0.05) is 29.8 Å². The van der Waals surface area contributed by atoms with Crippen molar-refractivity contribution in [3.63, 3.8) is 0 Å². The molecule has 0 atom stereocenters. The molecule has 0 aliphatic rings. The zero-order chi connectivity index (χ0) is 13.1. The van der Waals surface area contributed by atoms with Crippen molar-refractivity contribution in [3.8, 4) is 0 Å². The number of nitrogens with one attached hydrogen (secondary N) is 2. The molecule has 0 unspecified atom stereocenters. The second-order valence-corrected chi connectivity index (χ2v) is 5.07. The molecule has 0 saturated heterocycles. The smallest absolute Gasteiger partial charge is 0.0454 e. The van der Waals surface area contributed by atoms with Gasteiger partial charge in [0.1, 0.15) is 0 Å². The first-order valence-electron chi connectivity index (χ1n) is 6.32. The van der Waals surface area contributed by atoms with Crippen LogP contribution in [0.1, 0.15) is 11.1 Å². The van der Waals surface area contributed by atoms with Crippen LogP contribution in [0.15, 0.2) is 54.7 Å². The van der Waals surface area contributed by atoms with Crippen LogP contribution in [0.5, 0.6) is 0 Å². The largest absolute Gasteiger partial charge is 0.361 e. The molecule has 0 bridgehead atoms. The van der Waals surface area contributed by atoms with Crippen LogP contribution in [0.25, 0.3) is 10.9 Å². The fourth-order valence-corrected chi connectivity index (χ4v) is 2.29. The summed E-state index contributed by atoms with van der Waals surface area (Å²) in [5.41, 5.74) is 3.72. The molecule has 2 N–H and O–H groups in total. The predicted octanol–water partition coefficient (Wildman–Crippen LogP) is 4.11. The summed E-state index contributed by atoms with van der Waals surface area (Å²) >= 11 is 5.86. The zero-order valence-electron chi connectivity index (χ0n) is 10.5.